The quantitative estimate of drug-likeness (QED) is 0.142. The zero-order valence-corrected chi connectivity index (χ0v) is 27.4. The van der Waals surface area contributed by atoms with Crippen LogP contribution >= 0.6 is 11.6 Å². The fourth-order valence-electron chi connectivity index (χ4n) is 6.49. The fraction of sp³-hybridized carbons (Fsp3) is 0.150. The van der Waals surface area contributed by atoms with Crippen molar-refractivity contribution in [2.75, 3.05) is 0 Å². The molecule has 0 radical (unpaired) electrons. The third-order valence-corrected chi connectivity index (χ3v) is 9.09. The van der Waals surface area contributed by atoms with Crippen LogP contribution in [0, 0.1) is 0 Å². The number of hydrogen-bond donors (Lipinski definition) is 1. The second-order valence-corrected chi connectivity index (χ2v) is 12.0. The van der Waals surface area contributed by atoms with Crippen LogP contribution in [0.4, 0.5) is 0 Å². The molecule has 1 N–H and O–H groups in total. The zero-order valence-electron chi connectivity index (χ0n) is 26.6. The summed E-state index contributed by atoms with van der Waals surface area (Å²) in [6, 6.07) is 47.3. The predicted molar refractivity (Wildman–Crippen MR) is 190 cm³/mol. The van der Waals surface area contributed by atoms with E-state index in [1.165, 1.54) is 0 Å². The molecule has 7 rings (SSSR count). The third-order valence-electron chi connectivity index (χ3n) is 8.79. The van der Waals surface area contributed by atoms with Crippen LogP contribution in [0.25, 0.3) is 28.2 Å². The highest BCUT2D eigenvalue weighted by Gasteiger charge is 2.41. The molecule has 48 heavy (non-hydrogen) atoms. The largest absolute Gasteiger partial charge is 0.390 e. The molecule has 2 heterocycles. The lowest BCUT2D eigenvalue weighted by molar-refractivity contribution is 0.274. The number of halogens is 1. The molecule has 0 fully saturated rings. The fourth-order valence-corrected chi connectivity index (χ4v) is 6.73. The van der Waals surface area contributed by atoms with Crippen LogP contribution in [0.15, 0.2) is 140 Å². The van der Waals surface area contributed by atoms with Gasteiger partial charge in [-0.25, -0.2) is 4.98 Å². The van der Waals surface area contributed by atoms with E-state index in [0.29, 0.717) is 16.7 Å². The SMILES string of the molecule is CCCCc1nc(Cl)c(CO)n1-c1ccc(-c2ccccc2-c2nnn(C(c3ccccc3)(c3ccccc3)c3ccccc3)n2)cc1. The van der Waals surface area contributed by atoms with Crippen LogP contribution in [0.5, 0.6) is 0 Å². The lowest BCUT2D eigenvalue weighted by atomic mass is 9.77. The molecule has 238 valence electrons. The van der Waals surface area contributed by atoms with E-state index in [9.17, 15) is 5.11 Å². The Labute approximate surface area is 285 Å². The van der Waals surface area contributed by atoms with E-state index >= 15 is 0 Å². The van der Waals surface area contributed by atoms with Crippen LogP contribution in [0.2, 0.25) is 5.15 Å². The van der Waals surface area contributed by atoms with Gasteiger partial charge in [0.2, 0.25) is 5.82 Å². The monoisotopic (exact) mass is 650 g/mol. The minimum atomic E-state index is -0.863. The lowest BCUT2D eigenvalue weighted by Gasteiger charge is -2.34. The highest BCUT2D eigenvalue weighted by molar-refractivity contribution is 6.30. The second-order valence-electron chi connectivity index (χ2n) is 11.7. The number of nitrogens with zero attached hydrogens (tertiary/aromatic N) is 6. The maximum absolute atomic E-state index is 10.1. The molecule has 0 saturated carbocycles. The first-order valence-corrected chi connectivity index (χ1v) is 16.6. The van der Waals surface area contributed by atoms with Crippen molar-refractivity contribution in [1.29, 1.82) is 0 Å². The standard InChI is InChI=1S/C40H35ClN6O/c1-2-3-23-37-42-38(41)36(28-48)46(37)33-26-24-29(25-27-33)34-21-13-14-22-35(34)39-43-45-47(44-39)40(30-15-7-4-8-16-30,31-17-9-5-10-18-31)32-19-11-6-12-20-32/h4-22,24-27,48H,2-3,23,28H2,1H3. The predicted octanol–water partition coefficient (Wildman–Crippen LogP) is 8.52. The van der Waals surface area contributed by atoms with E-state index in [2.05, 4.69) is 66.5 Å². The number of aliphatic hydroxyl groups excluding tert-OH is 1. The number of aromatic nitrogens is 6. The van der Waals surface area contributed by atoms with Crippen LogP contribution in [-0.2, 0) is 18.6 Å². The molecule has 0 aliphatic carbocycles. The van der Waals surface area contributed by atoms with E-state index in [4.69, 9.17) is 27.0 Å². The Morgan fingerprint density at radius 2 is 1.23 bits per heavy atom. The average molecular weight is 651 g/mol. The van der Waals surface area contributed by atoms with Gasteiger partial charge in [0.1, 0.15) is 5.82 Å². The molecule has 0 unspecified atom stereocenters. The van der Waals surface area contributed by atoms with Gasteiger partial charge < -0.3 is 5.11 Å². The summed E-state index contributed by atoms with van der Waals surface area (Å²) >= 11 is 6.43. The Morgan fingerprint density at radius 1 is 0.688 bits per heavy atom. The van der Waals surface area contributed by atoms with Gasteiger partial charge in [0.25, 0.3) is 0 Å². The van der Waals surface area contributed by atoms with Gasteiger partial charge >= 0.3 is 0 Å². The van der Waals surface area contributed by atoms with Crippen molar-refractivity contribution in [3.8, 4) is 28.2 Å². The summed E-state index contributed by atoms with van der Waals surface area (Å²) in [6.45, 7) is 1.95. The molecule has 0 aliphatic heterocycles. The number of unbranched alkanes of at least 4 members (excludes halogenated alkanes) is 1. The molecule has 8 heteroatoms. The Bertz CT molecular complexity index is 2010. The smallest absolute Gasteiger partial charge is 0.205 e. The third kappa shape index (κ3) is 5.61. The van der Waals surface area contributed by atoms with E-state index in [1.54, 1.807) is 4.80 Å². The number of benzene rings is 5. The topological polar surface area (TPSA) is 81.7 Å². The molecular formula is C40H35ClN6O. The summed E-state index contributed by atoms with van der Waals surface area (Å²) in [5.41, 5.74) is 6.54. The van der Waals surface area contributed by atoms with Crippen molar-refractivity contribution in [3.63, 3.8) is 0 Å². The molecule has 0 spiro atoms. The number of imidazole rings is 1. The lowest BCUT2D eigenvalue weighted by Crippen LogP contribution is -2.39. The molecule has 0 saturated heterocycles. The van der Waals surface area contributed by atoms with Crippen molar-refractivity contribution < 1.29 is 5.11 Å². The Morgan fingerprint density at radius 3 is 1.77 bits per heavy atom. The summed E-state index contributed by atoms with van der Waals surface area (Å²) < 4.78 is 1.97. The Hall–Kier alpha value is -5.37. The molecule has 0 aliphatic rings. The van der Waals surface area contributed by atoms with E-state index in [0.717, 1.165) is 64.2 Å². The molecule has 5 aromatic carbocycles. The van der Waals surface area contributed by atoms with Crippen molar-refractivity contribution in [2.24, 2.45) is 0 Å². The van der Waals surface area contributed by atoms with Crippen LogP contribution < -0.4 is 0 Å². The number of tetrazole rings is 1. The average Bonchev–Trinajstić information content (AvgIpc) is 3.77. The van der Waals surface area contributed by atoms with Gasteiger partial charge in [-0.3, -0.25) is 4.57 Å². The van der Waals surface area contributed by atoms with Gasteiger partial charge in [0.05, 0.1) is 12.3 Å². The molecule has 0 bridgehead atoms. The number of hydrogen-bond acceptors (Lipinski definition) is 5. The highest BCUT2D eigenvalue weighted by Crippen LogP contribution is 2.40. The normalized spacial score (nSPS) is 11.6. The molecule has 2 aromatic heterocycles. The molecule has 0 amide bonds. The first kappa shape index (κ1) is 31.2. The molecule has 7 aromatic rings. The maximum atomic E-state index is 10.1. The Kier molecular flexibility index (Phi) is 8.97. The minimum Gasteiger partial charge on any atom is -0.390 e. The molecule has 7 nitrogen and oxygen atoms in total. The van der Waals surface area contributed by atoms with Gasteiger partial charge in [-0.1, -0.05) is 152 Å². The number of rotatable bonds is 11. The summed E-state index contributed by atoms with van der Waals surface area (Å²) in [5.74, 6) is 1.37. The highest BCUT2D eigenvalue weighted by atomic mass is 35.5. The van der Waals surface area contributed by atoms with Gasteiger partial charge in [0.15, 0.2) is 10.7 Å². The van der Waals surface area contributed by atoms with Gasteiger partial charge in [-0.2, -0.15) is 0 Å². The van der Waals surface area contributed by atoms with E-state index in [-0.39, 0.29) is 6.61 Å². The zero-order chi connectivity index (χ0) is 32.9. The summed E-state index contributed by atoms with van der Waals surface area (Å²) in [7, 11) is 0. The van der Waals surface area contributed by atoms with Gasteiger partial charge in [-0.05, 0) is 51.6 Å². The molecular weight excluding hydrogens is 616 g/mol. The second kappa shape index (κ2) is 13.8. The van der Waals surface area contributed by atoms with Crippen molar-refractivity contribution in [3.05, 3.63) is 173 Å². The number of aliphatic hydroxyl groups is 1. The first-order chi connectivity index (χ1) is 23.6. The van der Waals surface area contributed by atoms with Crippen molar-refractivity contribution >= 4 is 11.6 Å². The first-order valence-electron chi connectivity index (χ1n) is 16.2. The summed E-state index contributed by atoms with van der Waals surface area (Å²) in [6.07, 6.45) is 2.80. The van der Waals surface area contributed by atoms with Crippen molar-refractivity contribution in [1.82, 2.24) is 29.8 Å². The Balaban J connectivity index is 1.33. The maximum Gasteiger partial charge on any atom is 0.205 e. The summed E-state index contributed by atoms with van der Waals surface area (Å²) in [5, 5.41) is 25.0. The van der Waals surface area contributed by atoms with Crippen molar-refractivity contribution in [2.45, 2.75) is 38.3 Å². The van der Waals surface area contributed by atoms with Gasteiger partial charge in [0, 0.05) is 17.7 Å². The van der Waals surface area contributed by atoms with Crippen LogP contribution in [0.1, 0.15) is 48.0 Å². The minimum absolute atomic E-state index is 0.194. The molecule has 0 atom stereocenters. The van der Waals surface area contributed by atoms with E-state index in [1.807, 2.05) is 89.5 Å². The summed E-state index contributed by atoms with van der Waals surface area (Å²) in [4.78, 5) is 6.31. The van der Waals surface area contributed by atoms with Crippen LogP contribution in [0.3, 0.4) is 0 Å². The van der Waals surface area contributed by atoms with E-state index < -0.39 is 5.54 Å². The number of aryl methyl sites for hydroxylation is 1. The van der Waals surface area contributed by atoms with Crippen LogP contribution in [-0.4, -0.2) is 34.9 Å². The van der Waals surface area contributed by atoms with Gasteiger partial charge in [-0.15, -0.1) is 15.0 Å².